The van der Waals surface area contributed by atoms with Crippen LogP contribution in [0.25, 0.3) is 0 Å². The van der Waals surface area contributed by atoms with Crippen molar-refractivity contribution in [2.24, 2.45) is 4.99 Å². The number of thiophene rings is 1. The maximum Gasteiger partial charge on any atom is 0.249 e. The molecule has 1 aliphatic heterocycles. The monoisotopic (exact) mass is 432 g/mol. The van der Waals surface area contributed by atoms with Gasteiger partial charge in [0.05, 0.1) is 19.4 Å². The van der Waals surface area contributed by atoms with Crippen LogP contribution in [0, 0.1) is 20.8 Å². The third kappa shape index (κ3) is 3.91. The minimum atomic E-state index is -0.173. The molecule has 3 aromatic rings. The van der Waals surface area contributed by atoms with Crippen molar-refractivity contribution in [2.75, 3.05) is 25.1 Å². The van der Waals surface area contributed by atoms with Crippen LogP contribution < -0.4 is 9.64 Å². The highest BCUT2D eigenvalue weighted by atomic mass is 32.1. The number of Topliss-reactive ketones (excluding diaryl/α,β-unsaturated/α-hetero) is 1. The minimum absolute atomic E-state index is 0.0133. The number of benzene rings is 2. The molecule has 6 heteroatoms. The maximum absolute atomic E-state index is 13.1. The zero-order chi connectivity index (χ0) is 22.1. The van der Waals surface area contributed by atoms with Crippen molar-refractivity contribution in [1.29, 1.82) is 0 Å². The van der Waals surface area contributed by atoms with Crippen LogP contribution >= 0.6 is 11.3 Å². The number of carbonyl (C=O) groups is 2. The molecule has 2 aromatic carbocycles. The lowest BCUT2D eigenvalue weighted by molar-refractivity contribution is -0.117. The quantitative estimate of drug-likeness (QED) is 0.547. The number of rotatable bonds is 5. The molecule has 0 aliphatic carbocycles. The minimum Gasteiger partial charge on any atom is -0.497 e. The first-order chi connectivity index (χ1) is 14.9. The number of hydrogen-bond acceptors (Lipinski definition) is 5. The Morgan fingerprint density at radius 1 is 1.10 bits per heavy atom. The van der Waals surface area contributed by atoms with Crippen LogP contribution in [-0.4, -0.2) is 37.6 Å². The fourth-order valence-corrected chi connectivity index (χ4v) is 4.91. The van der Waals surface area contributed by atoms with Crippen molar-refractivity contribution in [3.05, 3.63) is 81.2 Å². The molecule has 0 radical (unpaired) electrons. The molecule has 0 spiro atoms. The largest absolute Gasteiger partial charge is 0.497 e. The van der Waals surface area contributed by atoms with E-state index in [1.807, 2.05) is 38.1 Å². The second-order valence-electron chi connectivity index (χ2n) is 7.57. The van der Waals surface area contributed by atoms with Gasteiger partial charge in [-0.1, -0.05) is 24.3 Å². The zero-order valence-electron chi connectivity index (χ0n) is 18.1. The summed E-state index contributed by atoms with van der Waals surface area (Å²) in [6, 6.07) is 15.0. The number of methoxy groups -OCH3 is 1. The number of hydrogen-bond donors (Lipinski definition) is 0. The fraction of sp³-hybridized carbons (Fsp3) is 0.240. The normalized spacial score (nSPS) is 13.5. The predicted molar refractivity (Wildman–Crippen MR) is 125 cm³/mol. The van der Waals surface area contributed by atoms with E-state index in [0.717, 1.165) is 37.8 Å². The molecule has 0 atom stereocenters. The summed E-state index contributed by atoms with van der Waals surface area (Å²) in [4.78, 5) is 33.5. The lowest BCUT2D eigenvalue weighted by Gasteiger charge is -2.20. The fourth-order valence-electron chi connectivity index (χ4n) is 3.73. The van der Waals surface area contributed by atoms with E-state index in [2.05, 4.69) is 6.92 Å². The Morgan fingerprint density at radius 3 is 2.48 bits per heavy atom. The standard InChI is InChI=1S/C25H24N2O3S/c1-15-7-5-6-8-20(15)24-23-16(2)17(3)31-25(23)27(22(29)13-26-24)14-21(28)18-9-11-19(30-4)12-10-18/h5-12H,13-14H2,1-4H3. The summed E-state index contributed by atoms with van der Waals surface area (Å²) in [5.41, 5.74) is 5.53. The van der Waals surface area contributed by atoms with E-state index in [9.17, 15) is 9.59 Å². The Kier molecular flexibility index (Phi) is 5.74. The second kappa shape index (κ2) is 8.47. The first-order valence-electron chi connectivity index (χ1n) is 10.1. The van der Waals surface area contributed by atoms with Crippen molar-refractivity contribution in [1.82, 2.24) is 0 Å². The molecule has 0 bridgehead atoms. The number of amides is 1. The Hall–Kier alpha value is -3.25. The van der Waals surface area contributed by atoms with Crippen LogP contribution in [0.1, 0.15) is 37.5 Å². The SMILES string of the molecule is COc1ccc(C(=O)CN2C(=O)CN=C(c3ccccc3C)c3c2sc(C)c3C)cc1. The Bertz CT molecular complexity index is 1190. The molecule has 158 valence electrons. The number of ether oxygens (including phenoxy) is 1. The first-order valence-corrected chi connectivity index (χ1v) is 10.9. The van der Waals surface area contributed by atoms with Gasteiger partial charge in [-0.05, 0) is 56.2 Å². The molecule has 1 aliphatic rings. The molecule has 31 heavy (non-hydrogen) atoms. The summed E-state index contributed by atoms with van der Waals surface area (Å²) in [7, 11) is 1.59. The van der Waals surface area contributed by atoms with E-state index < -0.39 is 0 Å². The topological polar surface area (TPSA) is 59.0 Å². The van der Waals surface area contributed by atoms with Crippen LogP contribution in [0.15, 0.2) is 53.5 Å². The second-order valence-corrected chi connectivity index (χ2v) is 8.78. The average molecular weight is 433 g/mol. The van der Waals surface area contributed by atoms with E-state index in [-0.39, 0.29) is 24.8 Å². The molecular weight excluding hydrogens is 408 g/mol. The van der Waals surface area contributed by atoms with Crippen molar-refractivity contribution < 1.29 is 14.3 Å². The molecule has 0 saturated heterocycles. The van der Waals surface area contributed by atoms with Crippen molar-refractivity contribution >= 4 is 33.7 Å². The van der Waals surface area contributed by atoms with Crippen LogP contribution in [0.2, 0.25) is 0 Å². The summed E-state index contributed by atoms with van der Waals surface area (Å²) in [6.07, 6.45) is 0. The van der Waals surface area contributed by atoms with E-state index in [4.69, 9.17) is 9.73 Å². The van der Waals surface area contributed by atoms with Gasteiger partial charge in [0.2, 0.25) is 5.91 Å². The van der Waals surface area contributed by atoms with Gasteiger partial charge in [-0.15, -0.1) is 11.3 Å². The van der Waals surface area contributed by atoms with Gasteiger partial charge >= 0.3 is 0 Å². The third-order valence-electron chi connectivity index (χ3n) is 5.64. The number of ketones is 1. The first kappa shape index (κ1) is 21.0. The lowest BCUT2D eigenvalue weighted by Crippen LogP contribution is -2.36. The summed E-state index contributed by atoms with van der Waals surface area (Å²) in [6.45, 7) is 6.13. The van der Waals surface area contributed by atoms with Gasteiger partial charge in [-0.2, -0.15) is 0 Å². The van der Waals surface area contributed by atoms with Gasteiger partial charge in [0.1, 0.15) is 17.3 Å². The van der Waals surface area contributed by atoms with Crippen LogP contribution in [-0.2, 0) is 4.79 Å². The third-order valence-corrected chi connectivity index (χ3v) is 6.87. The number of anilines is 1. The van der Waals surface area contributed by atoms with Crippen LogP contribution in [0.5, 0.6) is 5.75 Å². The van der Waals surface area contributed by atoms with Crippen molar-refractivity contribution in [3.63, 3.8) is 0 Å². The highest BCUT2D eigenvalue weighted by Crippen LogP contribution is 2.39. The molecule has 1 amide bonds. The van der Waals surface area contributed by atoms with Gasteiger partial charge in [0.25, 0.3) is 0 Å². The maximum atomic E-state index is 13.1. The Labute approximate surface area is 186 Å². The smallest absolute Gasteiger partial charge is 0.249 e. The molecule has 1 aromatic heterocycles. The van der Waals surface area contributed by atoms with Gasteiger partial charge in [-0.3, -0.25) is 19.5 Å². The van der Waals surface area contributed by atoms with E-state index in [1.165, 1.54) is 0 Å². The summed E-state index contributed by atoms with van der Waals surface area (Å²) >= 11 is 1.54. The molecule has 4 rings (SSSR count). The summed E-state index contributed by atoms with van der Waals surface area (Å²) < 4.78 is 5.17. The molecule has 0 fully saturated rings. The molecule has 0 N–H and O–H groups in total. The summed E-state index contributed by atoms with van der Waals surface area (Å²) in [5.74, 6) is 0.392. The lowest BCUT2D eigenvalue weighted by atomic mass is 9.96. The molecule has 5 nitrogen and oxygen atoms in total. The van der Waals surface area contributed by atoms with Crippen LogP contribution in [0.3, 0.4) is 0 Å². The highest BCUT2D eigenvalue weighted by Gasteiger charge is 2.31. The van der Waals surface area contributed by atoms with Gasteiger partial charge in [0, 0.05) is 21.6 Å². The number of carbonyl (C=O) groups excluding carboxylic acids is 2. The molecular formula is C25H24N2O3S. The van der Waals surface area contributed by atoms with Crippen LogP contribution in [0.4, 0.5) is 5.00 Å². The van der Waals surface area contributed by atoms with E-state index >= 15 is 0 Å². The van der Waals surface area contributed by atoms with Crippen molar-refractivity contribution in [3.8, 4) is 5.75 Å². The molecule has 2 heterocycles. The highest BCUT2D eigenvalue weighted by molar-refractivity contribution is 7.17. The number of nitrogens with zero attached hydrogens (tertiary/aromatic N) is 2. The van der Waals surface area contributed by atoms with Crippen molar-refractivity contribution in [2.45, 2.75) is 20.8 Å². The number of aliphatic imine (C=N–C) groups is 1. The molecule has 0 saturated carbocycles. The van der Waals surface area contributed by atoms with E-state index in [0.29, 0.717) is 11.3 Å². The molecule has 0 unspecified atom stereocenters. The van der Waals surface area contributed by atoms with Gasteiger partial charge in [0.15, 0.2) is 5.78 Å². The van der Waals surface area contributed by atoms with Gasteiger partial charge < -0.3 is 4.74 Å². The van der Waals surface area contributed by atoms with E-state index in [1.54, 1.807) is 47.6 Å². The average Bonchev–Trinajstić information content (AvgIpc) is 2.99. The Morgan fingerprint density at radius 2 is 1.81 bits per heavy atom. The summed E-state index contributed by atoms with van der Waals surface area (Å²) in [5, 5.41) is 0.793. The number of aryl methyl sites for hydroxylation is 2. The van der Waals surface area contributed by atoms with Gasteiger partial charge in [-0.25, -0.2) is 0 Å². The predicted octanol–water partition coefficient (Wildman–Crippen LogP) is 4.75. The Balaban J connectivity index is 1.75. The zero-order valence-corrected chi connectivity index (χ0v) is 18.9. The number of fused-ring (bicyclic) bond motifs is 1.